The molecule has 0 aromatic heterocycles. The van der Waals surface area contributed by atoms with E-state index in [1.54, 1.807) is 91.0 Å². The van der Waals surface area contributed by atoms with Crippen LogP contribution < -0.4 is 0 Å². The number of benzene rings is 3. The van der Waals surface area contributed by atoms with Gasteiger partial charge in [-0.15, -0.1) is 0 Å². The van der Waals surface area contributed by atoms with Crippen molar-refractivity contribution in [3.63, 3.8) is 0 Å². The zero-order valence-electron chi connectivity index (χ0n) is 28.2. The van der Waals surface area contributed by atoms with Crippen LogP contribution in [0.25, 0.3) is 0 Å². The molecule has 252 valence electrons. The highest BCUT2D eigenvalue weighted by Crippen LogP contribution is 2.43. The van der Waals surface area contributed by atoms with Gasteiger partial charge in [-0.05, 0) is 53.0 Å². The van der Waals surface area contributed by atoms with Gasteiger partial charge in [0.2, 0.25) is 0 Å². The van der Waals surface area contributed by atoms with E-state index in [0.717, 1.165) is 0 Å². The number of esters is 3. The Balaban J connectivity index is 1.78. The number of rotatable bonds is 13. The van der Waals surface area contributed by atoms with Crippen LogP contribution in [-0.2, 0) is 28.1 Å². The van der Waals surface area contributed by atoms with Crippen LogP contribution in [0.4, 0.5) is 0 Å². The minimum absolute atomic E-state index is 0.0338. The fourth-order valence-electron chi connectivity index (χ4n) is 6.63. The number of methoxy groups -OCH3 is 1. The van der Waals surface area contributed by atoms with E-state index < -0.39 is 56.9 Å². The smallest absolute Gasteiger partial charge is 0.338 e. The molecule has 5 atom stereocenters. The molecule has 10 heteroatoms. The van der Waals surface area contributed by atoms with Crippen LogP contribution in [0.5, 0.6) is 0 Å². The van der Waals surface area contributed by atoms with Gasteiger partial charge < -0.3 is 28.1 Å². The summed E-state index contributed by atoms with van der Waals surface area (Å²) >= 11 is 0. The van der Waals surface area contributed by atoms with Gasteiger partial charge >= 0.3 is 17.9 Å². The SMILES string of the molecule is CO[C@H]1O[C@H](CO[Si](C(C)C)(C(C)C)C(C)C)[C@@H](OC(=O)c2ccccc2)[C@H](OC(=O)c2ccccc2)[C@H]1OC(=O)c1ccccc1. The van der Waals surface area contributed by atoms with E-state index >= 15 is 0 Å². The van der Waals surface area contributed by atoms with Crippen molar-refractivity contribution in [3.05, 3.63) is 108 Å². The van der Waals surface area contributed by atoms with Gasteiger partial charge in [-0.3, -0.25) is 0 Å². The van der Waals surface area contributed by atoms with Gasteiger partial charge in [0, 0.05) is 7.11 Å². The van der Waals surface area contributed by atoms with E-state index in [4.69, 9.17) is 28.1 Å². The molecule has 3 aromatic carbocycles. The second kappa shape index (κ2) is 16.3. The fraction of sp³-hybridized carbons (Fsp3) is 0.432. The van der Waals surface area contributed by atoms with Crippen LogP contribution in [-0.4, -0.2) is 70.6 Å². The molecule has 9 nitrogen and oxygen atoms in total. The normalized spacial score (nSPS) is 21.4. The van der Waals surface area contributed by atoms with Gasteiger partial charge in [0.05, 0.1) is 23.3 Å². The van der Waals surface area contributed by atoms with E-state index in [1.165, 1.54) is 7.11 Å². The fourth-order valence-corrected chi connectivity index (χ4v) is 12.1. The molecule has 0 radical (unpaired) electrons. The average Bonchev–Trinajstić information content (AvgIpc) is 3.07. The molecule has 0 amide bonds. The van der Waals surface area contributed by atoms with E-state index in [2.05, 4.69) is 41.5 Å². The van der Waals surface area contributed by atoms with Crippen molar-refractivity contribution in [2.24, 2.45) is 0 Å². The molecule has 0 aliphatic carbocycles. The summed E-state index contributed by atoms with van der Waals surface area (Å²) in [6, 6.07) is 25.3. The van der Waals surface area contributed by atoms with Gasteiger partial charge in [0.15, 0.2) is 32.9 Å². The van der Waals surface area contributed by atoms with E-state index in [1.807, 2.05) is 0 Å². The minimum atomic E-state index is -2.43. The Morgan fingerprint density at radius 3 is 1.32 bits per heavy atom. The maximum absolute atomic E-state index is 13.6. The molecule has 1 aliphatic rings. The summed E-state index contributed by atoms with van der Waals surface area (Å²) in [5, 5.41) is 0. The third-order valence-corrected chi connectivity index (χ3v) is 14.9. The molecule has 3 aromatic rings. The van der Waals surface area contributed by atoms with Crippen molar-refractivity contribution in [2.75, 3.05) is 13.7 Å². The molecule has 4 rings (SSSR count). The highest BCUT2D eigenvalue weighted by atomic mass is 28.4. The first-order valence-electron chi connectivity index (χ1n) is 16.1. The first kappa shape index (κ1) is 36.0. The molecule has 1 aliphatic heterocycles. The molecular weight excluding hydrogens is 616 g/mol. The van der Waals surface area contributed by atoms with Crippen LogP contribution in [0.1, 0.15) is 72.6 Å². The number of hydrogen-bond donors (Lipinski definition) is 0. The zero-order chi connectivity index (χ0) is 34.1. The quantitative estimate of drug-likeness (QED) is 0.106. The van der Waals surface area contributed by atoms with Crippen molar-refractivity contribution < 1.29 is 42.5 Å². The second-order valence-corrected chi connectivity index (χ2v) is 18.1. The molecule has 0 spiro atoms. The third kappa shape index (κ3) is 8.37. The van der Waals surface area contributed by atoms with Crippen LogP contribution in [0.3, 0.4) is 0 Å². The van der Waals surface area contributed by atoms with E-state index in [-0.39, 0.29) is 34.4 Å². The van der Waals surface area contributed by atoms with Crippen molar-refractivity contribution in [1.29, 1.82) is 0 Å². The second-order valence-electron chi connectivity index (χ2n) is 12.6. The monoisotopic (exact) mass is 662 g/mol. The summed E-state index contributed by atoms with van der Waals surface area (Å²) in [6.07, 6.45) is -5.95. The predicted octanol–water partition coefficient (Wildman–Crippen LogP) is 7.23. The summed E-state index contributed by atoms with van der Waals surface area (Å²) in [5.41, 5.74) is 1.64. The van der Waals surface area contributed by atoms with E-state index in [9.17, 15) is 14.4 Å². The molecule has 1 fully saturated rings. The number of carbonyl (C=O) groups excluding carboxylic acids is 3. The lowest BCUT2D eigenvalue weighted by Gasteiger charge is -2.47. The maximum Gasteiger partial charge on any atom is 0.338 e. The molecule has 0 saturated carbocycles. The lowest BCUT2D eigenvalue weighted by Crippen LogP contribution is -2.63. The van der Waals surface area contributed by atoms with Crippen molar-refractivity contribution in [3.8, 4) is 0 Å². The lowest BCUT2D eigenvalue weighted by molar-refractivity contribution is -0.291. The highest BCUT2D eigenvalue weighted by molar-refractivity contribution is 6.77. The first-order valence-corrected chi connectivity index (χ1v) is 18.2. The summed E-state index contributed by atoms with van der Waals surface area (Å²) < 4.78 is 37.3. The maximum atomic E-state index is 13.6. The molecule has 1 saturated heterocycles. The topological polar surface area (TPSA) is 107 Å². The van der Waals surface area contributed by atoms with Gasteiger partial charge in [-0.2, -0.15) is 0 Å². The van der Waals surface area contributed by atoms with Crippen LogP contribution in [0, 0.1) is 0 Å². The molecule has 47 heavy (non-hydrogen) atoms. The molecule has 0 N–H and O–H groups in total. The summed E-state index contributed by atoms with van der Waals surface area (Å²) in [5.74, 6) is -2.03. The highest BCUT2D eigenvalue weighted by Gasteiger charge is 2.54. The number of hydrogen-bond acceptors (Lipinski definition) is 9. The Hall–Kier alpha value is -3.83. The van der Waals surface area contributed by atoms with Crippen molar-refractivity contribution in [2.45, 2.75) is 88.9 Å². The third-order valence-electron chi connectivity index (χ3n) is 8.79. The summed E-state index contributed by atoms with van der Waals surface area (Å²) in [7, 11) is -1.02. The Morgan fingerprint density at radius 2 is 0.957 bits per heavy atom. The van der Waals surface area contributed by atoms with Gasteiger partial charge in [0.25, 0.3) is 0 Å². The Kier molecular flexibility index (Phi) is 12.5. The summed E-state index contributed by atoms with van der Waals surface area (Å²) in [6.45, 7) is 13.0. The average molecular weight is 663 g/mol. The molecular formula is C37H46O9Si. The predicted molar refractivity (Wildman–Crippen MR) is 180 cm³/mol. The number of ether oxygens (including phenoxy) is 5. The van der Waals surface area contributed by atoms with Crippen LogP contribution in [0.15, 0.2) is 91.0 Å². The standard InChI is InChI=1S/C37H46O9Si/c1-24(2)47(25(3)4,26(5)6)42-23-30-31(44-34(38)27-17-11-8-12-18-27)32(45-35(39)28-19-13-9-14-20-28)33(37(41-7)43-30)46-36(40)29-21-15-10-16-22-29/h8-22,24-26,30-33,37H,23H2,1-7H3/t30-,31-,32+,33-,37+/m1/s1. The Labute approximate surface area is 278 Å². The van der Waals surface area contributed by atoms with Gasteiger partial charge in [-0.25, -0.2) is 14.4 Å². The Bertz CT molecular complexity index is 1420. The van der Waals surface area contributed by atoms with Crippen molar-refractivity contribution >= 4 is 26.2 Å². The van der Waals surface area contributed by atoms with Gasteiger partial charge in [-0.1, -0.05) is 96.1 Å². The number of carbonyl (C=O) groups is 3. The zero-order valence-corrected chi connectivity index (χ0v) is 29.2. The molecule has 0 unspecified atom stereocenters. The first-order chi connectivity index (χ1) is 22.5. The minimum Gasteiger partial charge on any atom is -0.452 e. The van der Waals surface area contributed by atoms with Crippen molar-refractivity contribution in [1.82, 2.24) is 0 Å². The molecule has 1 heterocycles. The molecule has 0 bridgehead atoms. The van der Waals surface area contributed by atoms with Crippen LogP contribution in [0.2, 0.25) is 16.6 Å². The largest absolute Gasteiger partial charge is 0.452 e. The van der Waals surface area contributed by atoms with Crippen LogP contribution >= 0.6 is 0 Å². The summed E-state index contributed by atoms with van der Waals surface area (Å²) in [4.78, 5) is 40.6. The van der Waals surface area contributed by atoms with Gasteiger partial charge in [0.1, 0.15) is 6.10 Å². The van der Waals surface area contributed by atoms with E-state index in [0.29, 0.717) is 5.56 Å². The lowest BCUT2D eigenvalue weighted by atomic mass is 9.97. The Morgan fingerprint density at radius 1 is 0.596 bits per heavy atom.